The number of methoxy groups -OCH3 is 1. The molecule has 1 unspecified atom stereocenters. The van der Waals surface area contributed by atoms with Crippen molar-refractivity contribution in [3.05, 3.63) is 69.3 Å². The number of carboxylic acid groups (broad SMARTS) is 1. The minimum absolute atomic E-state index is 0.107. The molecule has 26 heavy (non-hydrogen) atoms. The van der Waals surface area contributed by atoms with Crippen LogP contribution in [0.3, 0.4) is 0 Å². The molecule has 8 nitrogen and oxygen atoms in total. The monoisotopic (exact) mass is 357 g/mol. The lowest BCUT2D eigenvalue weighted by Gasteiger charge is -2.20. The van der Waals surface area contributed by atoms with Gasteiger partial charge in [0.05, 0.1) is 18.1 Å². The Kier molecular flexibility index (Phi) is 5.90. The summed E-state index contributed by atoms with van der Waals surface area (Å²) in [5, 5.41) is 24.7. The number of ether oxygens (including phenoxy) is 1. The zero-order valence-corrected chi connectivity index (χ0v) is 14.2. The van der Waals surface area contributed by atoms with Gasteiger partial charge in [-0.25, -0.2) is 0 Å². The highest BCUT2D eigenvalue weighted by Gasteiger charge is 2.21. The maximum Gasteiger partial charge on any atom is 0.273 e. The summed E-state index contributed by atoms with van der Waals surface area (Å²) in [6.07, 6.45) is -0.438. The molecule has 0 bridgehead atoms. The van der Waals surface area contributed by atoms with Crippen LogP contribution >= 0.6 is 0 Å². The van der Waals surface area contributed by atoms with E-state index in [1.54, 1.807) is 24.3 Å². The molecule has 0 saturated carbocycles. The van der Waals surface area contributed by atoms with Gasteiger partial charge in [0, 0.05) is 29.6 Å². The molecule has 136 valence electrons. The number of hydrogen-bond donors (Lipinski definition) is 1. The van der Waals surface area contributed by atoms with E-state index in [-0.39, 0.29) is 16.8 Å². The van der Waals surface area contributed by atoms with E-state index >= 15 is 0 Å². The SMILES string of the molecule is COc1ccc(C(CC(=O)[O-])NC(=O)c2cccc([N+](=O)[O-])c2C)cc1. The molecule has 2 aromatic rings. The summed E-state index contributed by atoms with van der Waals surface area (Å²) in [5.41, 5.74) is 0.679. The van der Waals surface area contributed by atoms with Crippen LogP contribution in [0.1, 0.15) is 33.9 Å². The number of rotatable bonds is 7. The van der Waals surface area contributed by atoms with Gasteiger partial charge in [0.1, 0.15) is 5.75 Å². The Morgan fingerprint density at radius 2 is 1.85 bits per heavy atom. The van der Waals surface area contributed by atoms with E-state index in [2.05, 4.69) is 5.32 Å². The van der Waals surface area contributed by atoms with E-state index in [4.69, 9.17) is 4.74 Å². The van der Waals surface area contributed by atoms with Crippen molar-refractivity contribution < 1.29 is 24.4 Å². The van der Waals surface area contributed by atoms with E-state index in [0.29, 0.717) is 11.3 Å². The van der Waals surface area contributed by atoms with E-state index in [1.807, 2.05) is 0 Å². The minimum atomic E-state index is -1.33. The summed E-state index contributed by atoms with van der Waals surface area (Å²) >= 11 is 0. The van der Waals surface area contributed by atoms with Gasteiger partial charge in [-0.15, -0.1) is 0 Å². The summed E-state index contributed by atoms with van der Waals surface area (Å²) in [7, 11) is 1.50. The molecule has 0 fully saturated rings. The second-order valence-corrected chi connectivity index (χ2v) is 5.58. The van der Waals surface area contributed by atoms with Crippen LogP contribution in [0.4, 0.5) is 5.69 Å². The molecule has 0 aliphatic heterocycles. The van der Waals surface area contributed by atoms with Gasteiger partial charge in [0.2, 0.25) is 0 Å². The van der Waals surface area contributed by atoms with Crippen LogP contribution in [-0.4, -0.2) is 23.9 Å². The first-order valence-electron chi connectivity index (χ1n) is 7.72. The Labute approximate surface area is 149 Å². The molecule has 0 heterocycles. The highest BCUT2D eigenvalue weighted by atomic mass is 16.6. The molecule has 0 aliphatic carbocycles. The number of nitrogens with zero attached hydrogens (tertiary/aromatic N) is 1. The average molecular weight is 357 g/mol. The molecule has 0 saturated heterocycles. The summed E-state index contributed by atoms with van der Waals surface area (Å²) in [4.78, 5) is 34.1. The Balaban J connectivity index is 2.30. The molecule has 2 rings (SSSR count). The molecule has 1 amide bonds. The van der Waals surface area contributed by atoms with Crippen LogP contribution in [0.2, 0.25) is 0 Å². The third-order valence-corrected chi connectivity index (χ3v) is 3.94. The van der Waals surface area contributed by atoms with Gasteiger partial charge in [0.15, 0.2) is 0 Å². The number of hydrogen-bond acceptors (Lipinski definition) is 6. The molecule has 0 radical (unpaired) electrons. The first-order valence-corrected chi connectivity index (χ1v) is 7.72. The molecule has 1 atom stereocenters. The lowest BCUT2D eigenvalue weighted by molar-refractivity contribution is -0.385. The van der Waals surface area contributed by atoms with E-state index in [9.17, 15) is 24.8 Å². The minimum Gasteiger partial charge on any atom is -0.550 e. The maximum absolute atomic E-state index is 12.6. The number of benzene rings is 2. The number of nitrogens with one attached hydrogen (secondary N) is 1. The highest BCUT2D eigenvalue weighted by Crippen LogP contribution is 2.24. The zero-order valence-electron chi connectivity index (χ0n) is 14.2. The predicted molar refractivity (Wildman–Crippen MR) is 90.7 cm³/mol. The number of carbonyl (C=O) groups excluding carboxylic acids is 2. The molecule has 2 aromatic carbocycles. The Hall–Kier alpha value is -3.42. The van der Waals surface area contributed by atoms with Crippen LogP contribution in [-0.2, 0) is 4.79 Å². The van der Waals surface area contributed by atoms with Crippen molar-refractivity contribution in [3.8, 4) is 5.75 Å². The third-order valence-electron chi connectivity index (χ3n) is 3.94. The van der Waals surface area contributed by atoms with Crippen LogP contribution < -0.4 is 15.2 Å². The largest absolute Gasteiger partial charge is 0.550 e. The second kappa shape index (κ2) is 8.11. The first-order chi connectivity index (χ1) is 12.3. The van der Waals surface area contributed by atoms with Crippen molar-refractivity contribution in [1.82, 2.24) is 5.32 Å². The average Bonchev–Trinajstić information content (AvgIpc) is 2.60. The fourth-order valence-electron chi connectivity index (χ4n) is 2.56. The number of amides is 1. The van der Waals surface area contributed by atoms with Gasteiger partial charge >= 0.3 is 0 Å². The second-order valence-electron chi connectivity index (χ2n) is 5.58. The molecule has 8 heteroatoms. The summed E-state index contributed by atoms with van der Waals surface area (Å²) in [5.74, 6) is -1.35. The maximum atomic E-state index is 12.6. The van der Waals surface area contributed by atoms with Gasteiger partial charge in [0.25, 0.3) is 11.6 Å². The van der Waals surface area contributed by atoms with Crippen LogP contribution in [0, 0.1) is 17.0 Å². The van der Waals surface area contributed by atoms with Crippen molar-refractivity contribution >= 4 is 17.6 Å². The van der Waals surface area contributed by atoms with Gasteiger partial charge in [-0.3, -0.25) is 14.9 Å². The van der Waals surface area contributed by atoms with Crippen molar-refractivity contribution in [2.45, 2.75) is 19.4 Å². The lowest BCUT2D eigenvalue weighted by atomic mass is 10.0. The summed E-state index contributed by atoms with van der Waals surface area (Å²) < 4.78 is 5.05. The summed E-state index contributed by atoms with van der Waals surface area (Å²) in [6.45, 7) is 1.47. The smallest absolute Gasteiger partial charge is 0.273 e. The first kappa shape index (κ1) is 18.9. The molecular weight excluding hydrogens is 340 g/mol. The normalized spacial score (nSPS) is 11.5. The van der Waals surface area contributed by atoms with Gasteiger partial charge in [-0.1, -0.05) is 18.2 Å². The van der Waals surface area contributed by atoms with E-state index in [0.717, 1.165) is 0 Å². The highest BCUT2D eigenvalue weighted by molar-refractivity contribution is 5.97. The van der Waals surface area contributed by atoms with Crippen LogP contribution in [0.5, 0.6) is 5.75 Å². The molecule has 0 spiro atoms. The summed E-state index contributed by atoms with van der Waals surface area (Å²) in [6, 6.07) is 9.85. The Bertz CT molecular complexity index is 832. The van der Waals surface area contributed by atoms with Gasteiger partial charge in [-0.05, 0) is 30.7 Å². The van der Waals surface area contributed by atoms with Crippen LogP contribution in [0.15, 0.2) is 42.5 Å². The van der Waals surface area contributed by atoms with Crippen molar-refractivity contribution in [2.75, 3.05) is 7.11 Å². The van der Waals surface area contributed by atoms with Gasteiger partial charge in [-0.2, -0.15) is 0 Å². The topological polar surface area (TPSA) is 122 Å². The number of carboxylic acids is 1. The van der Waals surface area contributed by atoms with E-state index in [1.165, 1.54) is 32.2 Å². The number of carbonyl (C=O) groups is 2. The van der Waals surface area contributed by atoms with Crippen molar-refractivity contribution in [1.29, 1.82) is 0 Å². The lowest BCUT2D eigenvalue weighted by Crippen LogP contribution is -2.34. The quantitative estimate of drug-likeness (QED) is 0.592. The number of nitro groups is 1. The zero-order chi connectivity index (χ0) is 19.3. The Morgan fingerprint density at radius 3 is 2.38 bits per heavy atom. The predicted octanol–water partition coefficient (Wildman–Crippen LogP) is 1.52. The molecule has 0 aromatic heterocycles. The Morgan fingerprint density at radius 1 is 1.19 bits per heavy atom. The number of nitro benzene ring substituents is 1. The number of aliphatic carboxylic acids is 1. The van der Waals surface area contributed by atoms with Crippen molar-refractivity contribution in [3.63, 3.8) is 0 Å². The standard InChI is InChI=1S/C18H18N2O6/c1-11-14(4-3-5-16(11)20(24)25)18(23)19-15(10-17(21)22)12-6-8-13(26-2)9-7-12/h3-9,15H,10H2,1-2H3,(H,19,23)(H,21,22)/p-1. The van der Waals surface area contributed by atoms with Gasteiger partial charge < -0.3 is 20.0 Å². The molecular formula is C18H17N2O6-. The third kappa shape index (κ3) is 4.35. The van der Waals surface area contributed by atoms with E-state index < -0.39 is 29.3 Å². The van der Waals surface area contributed by atoms with Crippen molar-refractivity contribution in [2.24, 2.45) is 0 Å². The fourth-order valence-corrected chi connectivity index (χ4v) is 2.56. The molecule has 1 N–H and O–H groups in total. The van der Waals surface area contributed by atoms with Crippen LogP contribution in [0.25, 0.3) is 0 Å². The molecule has 0 aliphatic rings. The fraction of sp³-hybridized carbons (Fsp3) is 0.222.